The maximum Gasteiger partial charge on any atom is 0.286 e. The molecule has 1 saturated heterocycles. The van der Waals surface area contributed by atoms with E-state index in [-0.39, 0.29) is 22.7 Å². The van der Waals surface area contributed by atoms with Crippen molar-refractivity contribution in [2.75, 3.05) is 17.6 Å². The number of aryl methyl sites for hydroxylation is 1. The lowest BCUT2D eigenvalue weighted by Crippen LogP contribution is -2.31. The summed E-state index contributed by atoms with van der Waals surface area (Å²) in [7, 11) is -3.29. The monoisotopic (exact) mass is 380 g/mol. The van der Waals surface area contributed by atoms with Crippen LogP contribution in [0.5, 0.6) is 0 Å². The molecule has 7 nitrogen and oxygen atoms in total. The number of carbonyl (C=O) groups is 1. The molecule has 1 unspecified atom stereocenters. The Balaban J connectivity index is 1.75. The summed E-state index contributed by atoms with van der Waals surface area (Å²) in [6, 6.07) is 7.15. The van der Waals surface area contributed by atoms with Crippen LogP contribution in [0.2, 0.25) is 0 Å². The first-order chi connectivity index (χ1) is 11.9. The van der Waals surface area contributed by atoms with Crippen LogP contribution >= 0.6 is 11.3 Å². The highest BCUT2D eigenvalue weighted by atomic mass is 32.2. The third kappa shape index (κ3) is 3.88. The maximum absolute atomic E-state index is 12.3. The molecule has 9 heteroatoms. The van der Waals surface area contributed by atoms with Gasteiger partial charge in [0.2, 0.25) is 15.0 Å². The molecule has 134 valence electrons. The van der Waals surface area contributed by atoms with E-state index in [1.165, 1.54) is 4.31 Å². The second-order valence-electron chi connectivity index (χ2n) is 5.93. The SMILES string of the molecule is CCS(=O)(=O)N1CCCC1c1nnc(C(=O)Nc2ccc(C)cc2)s1. The first-order valence-corrected chi connectivity index (χ1v) is 10.5. The van der Waals surface area contributed by atoms with Crippen molar-refractivity contribution in [2.45, 2.75) is 32.7 Å². The maximum atomic E-state index is 12.3. The number of hydrogen-bond acceptors (Lipinski definition) is 6. The number of nitrogens with zero attached hydrogens (tertiary/aromatic N) is 3. The minimum absolute atomic E-state index is 0.0586. The summed E-state index contributed by atoms with van der Waals surface area (Å²) in [5, 5.41) is 11.6. The summed E-state index contributed by atoms with van der Waals surface area (Å²) in [4.78, 5) is 12.3. The average molecular weight is 380 g/mol. The highest BCUT2D eigenvalue weighted by Gasteiger charge is 2.36. The molecule has 1 aliphatic heterocycles. The first-order valence-electron chi connectivity index (χ1n) is 8.11. The highest BCUT2D eigenvalue weighted by molar-refractivity contribution is 7.89. The van der Waals surface area contributed by atoms with Crippen LogP contribution in [0.4, 0.5) is 5.69 Å². The largest absolute Gasteiger partial charge is 0.320 e. The molecular formula is C16H20N4O3S2. The molecule has 1 amide bonds. The predicted octanol–water partition coefficient (Wildman–Crippen LogP) is 2.59. The van der Waals surface area contributed by atoms with Gasteiger partial charge in [0.05, 0.1) is 11.8 Å². The molecule has 0 saturated carbocycles. The number of benzene rings is 1. The van der Waals surface area contributed by atoms with Crippen LogP contribution in [0.3, 0.4) is 0 Å². The number of aromatic nitrogens is 2. The van der Waals surface area contributed by atoms with Crippen molar-refractivity contribution in [2.24, 2.45) is 0 Å². The van der Waals surface area contributed by atoms with Gasteiger partial charge in [0.25, 0.3) is 5.91 Å². The van der Waals surface area contributed by atoms with Crippen LogP contribution in [0.15, 0.2) is 24.3 Å². The summed E-state index contributed by atoms with van der Waals surface area (Å²) >= 11 is 1.15. The van der Waals surface area contributed by atoms with Gasteiger partial charge in [-0.25, -0.2) is 8.42 Å². The smallest absolute Gasteiger partial charge is 0.286 e. The molecule has 2 aromatic rings. The van der Waals surface area contributed by atoms with Crippen molar-refractivity contribution in [3.8, 4) is 0 Å². The van der Waals surface area contributed by atoms with Crippen LogP contribution in [0.1, 0.15) is 46.2 Å². The normalized spacial score (nSPS) is 18.4. The summed E-state index contributed by atoms with van der Waals surface area (Å²) in [5.41, 5.74) is 1.79. The van der Waals surface area contributed by atoms with Crippen LogP contribution in [0.25, 0.3) is 0 Å². The van der Waals surface area contributed by atoms with Gasteiger partial charge in [0.15, 0.2) is 0 Å². The van der Waals surface area contributed by atoms with E-state index in [4.69, 9.17) is 0 Å². The van der Waals surface area contributed by atoms with E-state index >= 15 is 0 Å². The van der Waals surface area contributed by atoms with E-state index in [1.54, 1.807) is 6.92 Å². The van der Waals surface area contributed by atoms with Gasteiger partial charge < -0.3 is 5.32 Å². The lowest BCUT2D eigenvalue weighted by molar-refractivity contribution is 0.102. The number of nitrogens with one attached hydrogen (secondary N) is 1. The lowest BCUT2D eigenvalue weighted by atomic mass is 10.2. The average Bonchev–Trinajstić information content (AvgIpc) is 3.26. The molecule has 0 radical (unpaired) electrons. The zero-order valence-corrected chi connectivity index (χ0v) is 15.7. The zero-order chi connectivity index (χ0) is 18.0. The molecule has 1 aromatic carbocycles. The Morgan fingerprint density at radius 1 is 1.32 bits per heavy atom. The quantitative estimate of drug-likeness (QED) is 0.861. The van der Waals surface area contributed by atoms with Crippen molar-refractivity contribution < 1.29 is 13.2 Å². The standard InChI is InChI=1S/C16H20N4O3S2/c1-3-25(22,23)20-10-4-5-13(20)15-18-19-16(24-15)14(21)17-12-8-6-11(2)7-9-12/h6-9,13H,3-5,10H2,1-2H3,(H,17,21). The molecule has 1 fully saturated rings. The third-order valence-corrected chi connectivity index (χ3v) is 7.06. The molecule has 0 bridgehead atoms. The summed E-state index contributed by atoms with van der Waals surface area (Å²) in [6.45, 7) is 4.09. The lowest BCUT2D eigenvalue weighted by Gasteiger charge is -2.21. The Morgan fingerprint density at radius 3 is 2.72 bits per heavy atom. The van der Waals surface area contributed by atoms with Gasteiger partial charge in [-0.05, 0) is 38.8 Å². The number of anilines is 1. The second-order valence-corrected chi connectivity index (χ2v) is 9.15. The van der Waals surface area contributed by atoms with Crippen LogP contribution < -0.4 is 5.32 Å². The fraction of sp³-hybridized carbons (Fsp3) is 0.438. The Kier molecular flexibility index (Phi) is 5.16. The zero-order valence-electron chi connectivity index (χ0n) is 14.1. The van der Waals surface area contributed by atoms with Crippen molar-refractivity contribution >= 4 is 33.0 Å². The third-order valence-electron chi connectivity index (χ3n) is 4.16. The van der Waals surface area contributed by atoms with Crippen LogP contribution in [-0.2, 0) is 10.0 Å². The van der Waals surface area contributed by atoms with Crippen LogP contribution in [-0.4, -0.2) is 41.1 Å². The van der Waals surface area contributed by atoms with Gasteiger partial charge >= 0.3 is 0 Å². The van der Waals surface area contributed by atoms with E-state index in [9.17, 15) is 13.2 Å². The van der Waals surface area contributed by atoms with Crippen molar-refractivity contribution in [1.82, 2.24) is 14.5 Å². The van der Waals surface area contributed by atoms with Gasteiger partial charge in [-0.3, -0.25) is 4.79 Å². The molecule has 1 N–H and O–H groups in total. The van der Waals surface area contributed by atoms with E-state index < -0.39 is 10.0 Å². The summed E-state index contributed by atoms with van der Waals surface area (Å²) in [6.07, 6.45) is 1.49. The Hall–Kier alpha value is -1.84. The molecular weight excluding hydrogens is 360 g/mol. The van der Waals surface area contributed by atoms with Crippen molar-refractivity contribution in [1.29, 1.82) is 0 Å². The number of rotatable bonds is 5. The summed E-state index contributed by atoms with van der Waals surface area (Å²) < 4.78 is 25.9. The molecule has 1 atom stereocenters. The first kappa shape index (κ1) is 18.0. The molecule has 0 spiro atoms. The van der Waals surface area contributed by atoms with Crippen LogP contribution in [0, 0.1) is 6.92 Å². The van der Waals surface area contributed by atoms with Gasteiger partial charge in [0, 0.05) is 12.2 Å². The number of hydrogen-bond donors (Lipinski definition) is 1. The topological polar surface area (TPSA) is 92.3 Å². The van der Waals surface area contributed by atoms with E-state index in [2.05, 4.69) is 15.5 Å². The second kappa shape index (κ2) is 7.19. The molecule has 3 rings (SSSR count). The Morgan fingerprint density at radius 2 is 2.04 bits per heavy atom. The van der Waals surface area contributed by atoms with Gasteiger partial charge in [-0.1, -0.05) is 29.0 Å². The minimum atomic E-state index is -3.29. The molecule has 0 aliphatic carbocycles. The Bertz CT molecular complexity index is 862. The number of carbonyl (C=O) groups excluding carboxylic acids is 1. The fourth-order valence-electron chi connectivity index (χ4n) is 2.77. The Labute approximate surface area is 151 Å². The summed E-state index contributed by atoms with van der Waals surface area (Å²) in [5.74, 6) is -0.279. The highest BCUT2D eigenvalue weighted by Crippen LogP contribution is 2.35. The van der Waals surface area contributed by atoms with E-state index in [0.717, 1.165) is 23.3 Å². The van der Waals surface area contributed by atoms with Gasteiger partial charge in [-0.2, -0.15) is 4.31 Å². The van der Waals surface area contributed by atoms with Gasteiger partial charge in [0.1, 0.15) is 5.01 Å². The van der Waals surface area contributed by atoms with E-state index in [1.807, 2.05) is 31.2 Å². The van der Waals surface area contributed by atoms with Crippen molar-refractivity contribution in [3.05, 3.63) is 39.8 Å². The predicted molar refractivity (Wildman–Crippen MR) is 97.2 cm³/mol. The van der Waals surface area contributed by atoms with Gasteiger partial charge in [-0.15, -0.1) is 10.2 Å². The molecule has 1 aromatic heterocycles. The van der Waals surface area contributed by atoms with E-state index in [0.29, 0.717) is 23.7 Å². The molecule has 25 heavy (non-hydrogen) atoms. The van der Waals surface area contributed by atoms with Crippen molar-refractivity contribution in [3.63, 3.8) is 0 Å². The minimum Gasteiger partial charge on any atom is -0.320 e. The molecule has 2 heterocycles. The number of sulfonamides is 1. The number of amides is 1. The fourth-order valence-corrected chi connectivity index (χ4v) is 5.05. The molecule has 1 aliphatic rings.